The molecule has 113 valence electrons. The van der Waals surface area contributed by atoms with Gasteiger partial charge in [-0.05, 0) is 48.4 Å². The molecule has 1 radical (unpaired) electrons. The van der Waals surface area contributed by atoms with Crippen molar-refractivity contribution in [1.82, 2.24) is 4.90 Å². The standard InChI is InChI=1S/C17H13Cl3NO/c18-14-4-1-11(2-5-14)17(22)21-8-7-13(10-21)12-3-6-15(19)16(20)9-12/h1-6,9H,7-8,10H2. The summed E-state index contributed by atoms with van der Waals surface area (Å²) < 4.78 is 0. The summed E-state index contributed by atoms with van der Waals surface area (Å²) in [6, 6.07) is 12.6. The molecule has 0 spiro atoms. The SMILES string of the molecule is O=C(c1ccc(Cl)cc1)N1CC[C](c2ccc(Cl)c(Cl)c2)C1. The van der Waals surface area contributed by atoms with E-state index in [1.165, 1.54) is 5.92 Å². The van der Waals surface area contributed by atoms with Crippen molar-refractivity contribution in [3.8, 4) is 0 Å². The van der Waals surface area contributed by atoms with Crippen LogP contribution in [0.2, 0.25) is 15.1 Å². The van der Waals surface area contributed by atoms with Gasteiger partial charge in [0, 0.05) is 29.6 Å². The highest BCUT2D eigenvalue weighted by Crippen LogP contribution is 2.31. The molecule has 0 unspecified atom stereocenters. The van der Waals surface area contributed by atoms with Gasteiger partial charge in [0.1, 0.15) is 0 Å². The number of halogens is 3. The minimum atomic E-state index is 0.0201. The zero-order valence-corrected chi connectivity index (χ0v) is 13.9. The first-order chi connectivity index (χ1) is 10.5. The number of amides is 1. The van der Waals surface area contributed by atoms with E-state index in [-0.39, 0.29) is 5.91 Å². The quantitative estimate of drug-likeness (QED) is 0.734. The van der Waals surface area contributed by atoms with E-state index in [0.717, 1.165) is 12.0 Å². The lowest BCUT2D eigenvalue weighted by atomic mass is 9.99. The number of nitrogens with zero attached hydrogens (tertiary/aromatic N) is 1. The van der Waals surface area contributed by atoms with E-state index in [1.54, 1.807) is 30.3 Å². The van der Waals surface area contributed by atoms with E-state index >= 15 is 0 Å². The van der Waals surface area contributed by atoms with E-state index in [0.29, 0.717) is 33.7 Å². The van der Waals surface area contributed by atoms with Crippen molar-refractivity contribution in [2.75, 3.05) is 13.1 Å². The summed E-state index contributed by atoms with van der Waals surface area (Å²) in [5, 5.41) is 1.70. The first-order valence-electron chi connectivity index (χ1n) is 6.89. The van der Waals surface area contributed by atoms with Crippen molar-refractivity contribution >= 4 is 40.7 Å². The van der Waals surface area contributed by atoms with Crippen LogP contribution in [0.15, 0.2) is 42.5 Å². The van der Waals surface area contributed by atoms with Gasteiger partial charge in [0.2, 0.25) is 0 Å². The van der Waals surface area contributed by atoms with Crippen LogP contribution >= 0.6 is 34.8 Å². The fourth-order valence-corrected chi connectivity index (χ4v) is 2.98. The molecule has 1 amide bonds. The van der Waals surface area contributed by atoms with Crippen LogP contribution < -0.4 is 0 Å². The number of hydrogen-bond acceptors (Lipinski definition) is 1. The van der Waals surface area contributed by atoms with Crippen LogP contribution in [-0.2, 0) is 0 Å². The molecule has 0 N–H and O–H groups in total. The molecule has 5 heteroatoms. The maximum absolute atomic E-state index is 12.5. The third-order valence-electron chi connectivity index (χ3n) is 3.77. The highest BCUT2D eigenvalue weighted by atomic mass is 35.5. The van der Waals surface area contributed by atoms with E-state index in [2.05, 4.69) is 0 Å². The molecule has 0 bridgehead atoms. The zero-order chi connectivity index (χ0) is 15.7. The van der Waals surface area contributed by atoms with Gasteiger partial charge in [-0.3, -0.25) is 4.79 Å². The fourth-order valence-electron chi connectivity index (χ4n) is 2.56. The van der Waals surface area contributed by atoms with Crippen molar-refractivity contribution in [1.29, 1.82) is 0 Å². The van der Waals surface area contributed by atoms with Crippen LogP contribution in [0.3, 0.4) is 0 Å². The van der Waals surface area contributed by atoms with Crippen molar-refractivity contribution in [2.45, 2.75) is 6.42 Å². The van der Waals surface area contributed by atoms with Crippen LogP contribution in [0, 0.1) is 5.92 Å². The Morgan fingerprint density at radius 1 is 0.955 bits per heavy atom. The lowest BCUT2D eigenvalue weighted by molar-refractivity contribution is 0.0795. The second-order valence-electron chi connectivity index (χ2n) is 5.22. The molecule has 0 aliphatic carbocycles. The van der Waals surface area contributed by atoms with Crippen molar-refractivity contribution in [3.63, 3.8) is 0 Å². The summed E-state index contributed by atoms with van der Waals surface area (Å²) >= 11 is 17.9. The highest BCUT2D eigenvalue weighted by Gasteiger charge is 2.28. The minimum absolute atomic E-state index is 0.0201. The van der Waals surface area contributed by atoms with Crippen LogP contribution in [0.25, 0.3) is 0 Å². The second kappa shape index (κ2) is 6.49. The van der Waals surface area contributed by atoms with Crippen molar-refractivity contribution < 1.29 is 4.79 Å². The topological polar surface area (TPSA) is 20.3 Å². The van der Waals surface area contributed by atoms with Gasteiger partial charge in [0.25, 0.3) is 5.91 Å². The van der Waals surface area contributed by atoms with Crippen LogP contribution in [0.5, 0.6) is 0 Å². The van der Waals surface area contributed by atoms with E-state index < -0.39 is 0 Å². The largest absolute Gasteiger partial charge is 0.338 e. The van der Waals surface area contributed by atoms with E-state index in [4.69, 9.17) is 34.8 Å². The monoisotopic (exact) mass is 352 g/mol. The van der Waals surface area contributed by atoms with Crippen molar-refractivity contribution in [3.05, 3.63) is 74.6 Å². The molecule has 2 aromatic rings. The average molecular weight is 354 g/mol. The maximum atomic E-state index is 12.5. The summed E-state index contributed by atoms with van der Waals surface area (Å²) in [6.07, 6.45) is 0.845. The van der Waals surface area contributed by atoms with Gasteiger partial charge in [-0.25, -0.2) is 0 Å². The molecule has 3 rings (SSSR count). The predicted octanol–water partition coefficient (Wildman–Crippen LogP) is 5.12. The lowest BCUT2D eigenvalue weighted by Gasteiger charge is -2.17. The van der Waals surface area contributed by atoms with Crippen LogP contribution in [-0.4, -0.2) is 23.9 Å². The normalized spacial score (nSPS) is 15.3. The molecule has 1 heterocycles. The molecule has 22 heavy (non-hydrogen) atoms. The summed E-state index contributed by atoms with van der Waals surface area (Å²) in [7, 11) is 0. The molecule has 2 nitrogen and oxygen atoms in total. The first kappa shape index (κ1) is 15.7. The molecule has 0 saturated carbocycles. The molecule has 0 aromatic heterocycles. The van der Waals surface area contributed by atoms with Crippen LogP contribution in [0.4, 0.5) is 0 Å². The van der Waals surface area contributed by atoms with Gasteiger partial charge in [0.05, 0.1) is 10.0 Å². The Kier molecular flexibility index (Phi) is 4.62. The Bertz CT molecular complexity index is 700. The molecular weight excluding hydrogens is 341 g/mol. The third kappa shape index (κ3) is 3.24. The van der Waals surface area contributed by atoms with Gasteiger partial charge in [-0.1, -0.05) is 40.9 Å². The second-order valence-corrected chi connectivity index (χ2v) is 6.47. The summed E-state index contributed by atoms with van der Waals surface area (Å²) in [4.78, 5) is 14.3. The molecule has 1 fully saturated rings. The predicted molar refractivity (Wildman–Crippen MR) is 90.8 cm³/mol. The summed E-state index contributed by atoms with van der Waals surface area (Å²) in [5.41, 5.74) is 1.69. The third-order valence-corrected chi connectivity index (χ3v) is 4.76. The van der Waals surface area contributed by atoms with Gasteiger partial charge in [0.15, 0.2) is 0 Å². The fraction of sp³-hybridized carbons (Fsp3) is 0.176. The number of carbonyl (C=O) groups is 1. The Balaban J connectivity index is 1.72. The zero-order valence-electron chi connectivity index (χ0n) is 11.7. The van der Waals surface area contributed by atoms with E-state index in [9.17, 15) is 4.79 Å². The Labute approximate surface area is 144 Å². The molecular formula is C17H13Cl3NO. The highest BCUT2D eigenvalue weighted by molar-refractivity contribution is 6.42. The van der Waals surface area contributed by atoms with Crippen LogP contribution in [0.1, 0.15) is 22.3 Å². The Morgan fingerprint density at radius 3 is 2.36 bits per heavy atom. The lowest BCUT2D eigenvalue weighted by Crippen LogP contribution is -2.28. The Morgan fingerprint density at radius 2 is 1.68 bits per heavy atom. The smallest absolute Gasteiger partial charge is 0.253 e. The maximum Gasteiger partial charge on any atom is 0.253 e. The number of hydrogen-bond donors (Lipinski definition) is 0. The number of rotatable bonds is 2. The minimum Gasteiger partial charge on any atom is -0.338 e. The summed E-state index contributed by atoms with van der Waals surface area (Å²) in [5.74, 6) is 1.22. The van der Waals surface area contributed by atoms with Gasteiger partial charge in [-0.2, -0.15) is 0 Å². The number of likely N-dealkylation sites (tertiary alicyclic amines) is 1. The average Bonchev–Trinajstić information content (AvgIpc) is 3.00. The first-order valence-corrected chi connectivity index (χ1v) is 8.03. The number of carbonyl (C=O) groups excluding carboxylic acids is 1. The molecule has 2 aromatic carbocycles. The van der Waals surface area contributed by atoms with Gasteiger partial charge < -0.3 is 4.90 Å². The molecule has 1 saturated heterocycles. The Hall–Kier alpha value is -1.22. The van der Waals surface area contributed by atoms with Gasteiger partial charge >= 0.3 is 0 Å². The van der Waals surface area contributed by atoms with Gasteiger partial charge in [-0.15, -0.1) is 0 Å². The summed E-state index contributed by atoms with van der Waals surface area (Å²) in [6.45, 7) is 1.32. The van der Waals surface area contributed by atoms with Crippen molar-refractivity contribution in [2.24, 2.45) is 0 Å². The number of benzene rings is 2. The molecule has 1 aliphatic rings. The van der Waals surface area contributed by atoms with E-state index in [1.807, 2.05) is 17.0 Å². The molecule has 0 atom stereocenters. The molecule has 1 aliphatic heterocycles.